The number of para-hydroxylation sites is 2. The zero-order valence-corrected chi connectivity index (χ0v) is 12.7. The first-order chi connectivity index (χ1) is 11.6. The number of aromatic nitrogens is 4. The fourth-order valence-electron chi connectivity index (χ4n) is 2.25. The molecule has 0 aliphatic heterocycles. The number of rotatable bonds is 4. The summed E-state index contributed by atoms with van der Waals surface area (Å²) >= 11 is 0. The van der Waals surface area contributed by atoms with Gasteiger partial charge in [-0.3, -0.25) is 4.79 Å². The maximum Gasteiger partial charge on any atom is 0.258 e. The molecule has 24 heavy (non-hydrogen) atoms. The van der Waals surface area contributed by atoms with Crippen molar-refractivity contribution in [2.45, 2.75) is 13.3 Å². The van der Waals surface area contributed by atoms with E-state index in [4.69, 9.17) is 0 Å². The zero-order valence-electron chi connectivity index (χ0n) is 12.7. The van der Waals surface area contributed by atoms with Gasteiger partial charge in [0.05, 0.1) is 16.9 Å². The van der Waals surface area contributed by atoms with Crippen LogP contribution in [0, 0.1) is 11.6 Å². The maximum absolute atomic E-state index is 13.8. The van der Waals surface area contributed by atoms with Crippen molar-refractivity contribution in [3.8, 4) is 5.69 Å². The van der Waals surface area contributed by atoms with E-state index < -0.39 is 17.5 Å². The van der Waals surface area contributed by atoms with Gasteiger partial charge in [0.1, 0.15) is 0 Å². The summed E-state index contributed by atoms with van der Waals surface area (Å²) in [6.45, 7) is 1.89. The van der Waals surface area contributed by atoms with E-state index in [9.17, 15) is 13.6 Å². The second-order valence-electron chi connectivity index (χ2n) is 4.93. The summed E-state index contributed by atoms with van der Waals surface area (Å²) in [5, 5.41) is 14.0. The number of anilines is 1. The van der Waals surface area contributed by atoms with Gasteiger partial charge < -0.3 is 5.32 Å². The van der Waals surface area contributed by atoms with Crippen LogP contribution in [0.25, 0.3) is 5.69 Å². The van der Waals surface area contributed by atoms with Crippen molar-refractivity contribution in [2.24, 2.45) is 0 Å². The van der Waals surface area contributed by atoms with E-state index in [2.05, 4.69) is 20.8 Å². The molecule has 0 saturated carbocycles. The quantitative estimate of drug-likeness (QED) is 0.799. The highest BCUT2D eigenvalue weighted by molar-refractivity contribution is 6.05. The van der Waals surface area contributed by atoms with Gasteiger partial charge in [0.2, 0.25) is 0 Å². The molecule has 1 aromatic heterocycles. The Morgan fingerprint density at radius 2 is 1.96 bits per heavy atom. The molecule has 122 valence electrons. The van der Waals surface area contributed by atoms with Gasteiger partial charge >= 0.3 is 0 Å². The Morgan fingerprint density at radius 3 is 2.75 bits per heavy atom. The van der Waals surface area contributed by atoms with Crippen molar-refractivity contribution < 1.29 is 13.6 Å². The van der Waals surface area contributed by atoms with E-state index in [-0.39, 0.29) is 5.56 Å². The van der Waals surface area contributed by atoms with Crippen molar-refractivity contribution >= 4 is 11.6 Å². The number of carbonyl (C=O) groups excluding carboxylic acids is 1. The van der Waals surface area contributed by atoms with Crippen LogP contribution in [0.4, 0.5) is 14.5 Å². The number of halogens is 2. The number of benzene rings is 2. The Bertz CT molecular complexity index is 894. The van der Waals surface area contributed by atoms with Gasteiger partial charge in [0, 0.05) is 6.42 Å². The molecular formula is C16H13F2N5O. The van der Waals surface area contributed by atoms with Crippen molar-refractivity contribution in [1.29, 1.82) is 0 Å². The molecule has 0 unspecified atom stereocenters. The Morgan fingerprint density at radius 1 is 1.17 bits per heavy atom. The van der Waals surface area contributed by atoms with Crippen LogP contribution in [-0.2, 0) is 6.42 Å². The molecule has 0 spiro atoms. The smallest absolute Gasteiger partial charge is 0.258 e. The number of hydrogen-bond acceptors (Lipinski definition) is 4. The maximum atomic E-state index is 13.8. The van der Waals surface area contributed by atoms with E-state index in [1.54, 1.807) is 24.3 Å². The summed E-state index contributed by atoms with van der Waals surface area (Å²) in [7, 11) is 0. The summed E-state index contributed by atoms with van der Waals surface area (Å²) in [5.41, 5.74) is 0.537. The number of aryl methyl sites for hydroxylation is 1. The number of hydrogen-bond donors (Lipinski definition) is 1. The fraction of sp³-hybridized carbons (Fsp3) is 0.125. The zero-order chi connectivity index (χ0) is 17.1. The lowest BCUT2D eigenvalue weighted by Gasteiger charge is -2.12. The minimum Gasteiger partial charge on any atom is -0.320 e. The summed E-state index contributed by atoms with van der Waals surface area (Å²) in [4.78, 5) is 12.3. The first-order valence-electron chi connectivity index (χ1n) is 7.23. The molecule has 1 amide bonds. The molecule has 0 aliphatic rings. The Kier molecular flexibility index (Phi) is 4.28. The number of carbonyl (C=O) groups is 1. The van der Waals surface area contributed by atoms with E-state index in [0.717, 1.165) is 6.07 Å². The van der Waals surface area contributed by atoms with Gasteiger partial charge in [0.25, 0.3) is 5.91 Å². The van der Waals surface area contributed by atoms with Crippen molar-refractivity contribution in [3.05, 3.63) is 65.5 Å². The second kappa shape index (κ2) is 6.53. The van der Waals surface area contributed by atoms with Crippen LogP contribution >= 0.6 is 0 Å². The van der Waals surface area contributed by atoms with Crippen molar-refractivity contribution in [3.63, 3.8) is 0 Å². The lowest BCUT2D eigenvalue weighted by atomic mass is 10.1. The molecule has 1 N–H and O–H groups in total. The van der Waals surface area contributed by atoms with Gasteiger partial charge in [-0.25, -0.2) is 8.78 Å². The highest BCUT2D eigenvalue weighted by atomic mass is 19.2. The molecule has 0 bridgehead atoms. The van der Waals surface area contributed by atoms with E-state index >= 15 is 0 Å². The van der Waals surface area contributed by atoms with Gasteiger partial charge in [-0.05, 0) is 34.7 Å². The van der Waals surface area contributed by atoms with Crippen LogP contribution < -0.4 is 5.32 Å². The number of nitrogens with zero attached hydrogens (tertiary/aromatic N) is 4. The molecular weight excluding hydrogens is 316 g/mol. The van der Waals surface area contributed by atoms with Crippen LogP contribution in [0.5, 0.6) is 0 Å². The third-order valence-electron chi connectivity index (χ3n) is 3.43. The molecule has 6 nitrogen and oxygen atoms in total. The molecule has 1 heterocycles. The fourth-order valence-corrected chi connectivity index (χ4v) is 2.25. The highest BCUT2D eigenvalue weighted by Gasteiger charge is 2.17. The van der Waals surface area contributed by atoms with E-state index in [1.807, 2.05) is 6.92 Å². The third-order valence-corrected chi connectivity index (χ3v) is 3.43. The first kappa shape index (κ1) is 15.7. The summed E-state index contributed by atoms with van der Waals surface area (Å²) in [5.74, 6) is -2.42. The molecule has 3 aromatic rings. The molecule has 0 fully saturated rings. The molecule has 0 aliphatic carbocycles. The van der Waals surface area contributed by atoms with Crippen molar-refractivity contribution in [2.75, 3.05) is 5.32 Å². The van der Waals surface area contributed by atoms with Crippen LogP contribution in [0.3, 0.4) is 0 Å². The molecule has 0 radical (unpaired) electrons. The summed E-state index contributed by atoms with van der Waals surface area (Å²) < 4.78 is 28.6. The largest absolute Gasteiger partial charge is 0.320 e. The third kappa shape index (κ3) is 2.85. The molecule has 0 saturated heterocycles. The van der Waals surface area contributed by atoms with E-state index in [1.165, 1.54) is 16.8 Å². The lowest BCUT2D eigenvalue weighted by molar-refractivity contribution is 0.102. The number of amides is 1. The average molecular weight is 329 g/mol. The van der Waals surface area contributed by atoms with Gasteiger partial charge in [-0.2, -0.15) is 4.68 Å². The average Bonchev–Trinajstić information content (AvgIpc) is 3.06. The summed E-state index contributed by atoms with van der Waals surface area (Å²) in [6, 6.07) is 10.2. The molecule has 0 atom stereocenters. The van der Waals surface area contributed by atoms with Gasteiger partial charge in [0.15, 0.2) is 17.5 Å². The monoisotopic (exact) mass is 329 g/mol. The van der Waals surface area contributed by atoms with Crippen molar-refractivity contribution in [1.82, 2.24) is 20.2 Å². The topological polar surface area (TPSA) is 72.7 Å². The van der Waals surface area contributed by atoms with Crippen LogP contribution in [0.15, 0.2) is 42.5 Å². The Labute approximate surface area is 136 Å². The van der Waals surface area contributed by atoms with Gasteiger partial charge in [-0.15, -0.1) is 5.10 Å². The molecule has 3 rings (SSSR count). The lowest BCUT2D eigenvalue weighted by Crippen LogP contribution is -2.16. The van der Waals surface area contributed by atoms with E-state index in [0.29, 0.717) is 23.6 Å². The SMILES string of the molecule is CCc1nnnn1-c1ccccc1NC(=O)c1cccc(F)c1F. The van der Waals surface area contributed by atoms with Gasteiger partial charge in [-0.1, -0.05) is 25.1 Å². The number of tetrazole rings is 1. The van der Waals surface area contributed by atoms with Crippen LogP contribution in [0.1, 0.15) is 23.1 Å². The predicted molar refractivity (Wildman–Crippen MR) is 82.8 cm³/mol. The minimum absolute atomic E-state index is 0.378. The standard InChI is InChI=1S/C16H13F2N5O/c1-2-14-20-21-22-23(14)13-9-4-3-8-12(13)19-16(24)10-6-5-7-11(17)15(10)18/h3-9H,2H2,1H3,(H,19,24). The second-order valence-corrected chi connectivity index (χ2v) is 4.93. The highest BCUT2D eigenvalue weighted by Crippen LogP contribution is 2.22. The normalized spacial score (nSPS) is 10.6. The molecule has 8 heteroatoms. The minimum atomic E-state index is -1.19. The Hall–Kier alpha value is -3.16. The Balaban J connectivity index is 1.97. The predicted octanol–water partition coefficient (Wildman–Crippen LogP) is 2.76. The van der Waals surface area contributed by atoms with Crippen LogP contribution in [-0.4, -0.2) is 26.1 Å². The molecule has 2 aromatic carbocycles. The number of nitrogens with one attached hydrogen (secondary N) is 1. The first-order valence-corrected chi connectivity index (χ1v) is 7.23. The van der Waals surface area contributed by atoms with Crippen LogP contribution in [0.2, 0.25) is 0 Å². The summed E-state index contributed by atoms with van der Waals surface area (Å²) in [6.07, 6.45) is 0.591.